The van der Waals surface area contributed by atoms with Crippen molar-refractivity contribution >= 4 is 15.9 Å². The van der Waals surface area contributed by atoms with Gasteiger partial charge in [0.05, 0.1) is 0 Å². The molecule has 2 heteroatoms. The number of hydrogen-bond donors (Lipinski definition) is 1. The third-order valence-electron chi connectivity index (χ3n) is 4.22. The molecule has 1 aromatic carbocycles. The fourth-order valence-electron chi connectivity index (χ4n) is 3.05. The van der Waals surface area contributed by atoms with E-state index in [1.165, 1.54) is 18.4 Å². The maximum absolute atomic E-state index is 6.66. The molecule has 0 heterocycles. The smallest absolute Gasteiger partial charge is 0.0223 e. The van der Waals surface area contributed by atoms with Crippen molar-refractivity contribution < 1.29 is 0 Å². The molecule has 1 fully saturated rings. The van der Waals surface area contributed by atoms with Gasteiger partial charge in [0.15, 0.2) is 0 Å². The predicted molar refractivity (Wildman–Crippen MR) is 76.9 cm³/mol. The zero-order valence-corrected chi connectivity index (χ0v) is 12.3. The average molecular weight is 296 g/mol. The summed E-state index contributed by atoms with van der Waals surface area (Å²) in [5.74, 6) is 1.39. The van der Waals surface area contributed by atoms with Crippen molar-refractivity contribution in [3.63, 3.8) is 0 Å². The van der Waals surface area contributed by atoms with Crippen LogP contribution in [0, 0.1) is 11.8 Å². The molecule has 0 radical (unpaired) electrons. The van der Waals surface area contributed by atoms with E-state index in [0.717, 1.165) is 23.2 Å². The van der Waals surface area contributed by atoms with Gasteiger partial charge in [-0.05, 0) is 48.8 Å². The van der Waals surface area contributed by atoms with Gasteiger partial charge < -0.3 is 5.73 Å². The Morgan fingerprint density at radius 2 is 2.12 bits per heavy atom. The van der Waals surface area contributed by atoms with Crippen molar-refractivity contribution in [1.29, 1.82) is 0 Å². The Labute approximate surface area is 113 Å². The minimum atomic E-state index is -0.0154. The van der Waals surface area contributed by atoms with Gasteiger partial charge in [0, 0.05) is 10.0 Å². The van der Waals surface area contributed by atoms with Gasteiger partial charge in [0.2, 0.25) is 0 Å². The molecule has 0 amide bonds. The molecule has 94 valence electrons. The van der Waals surface area contributed by atoms with Crippen LogP contribution >= 0.6 is 15.9 Å². The van der Waals surface area contributed by atoms with Crippen molar-refractivity contribution in [1.82, 2.24) is 0 Å². The topological polar surface area (TPSA) is 26.0 Å². The number of rotatable bonds is 2. The maximum atomic E-state index is 6.66. The first-order chi connectivity index (χ1) is 7.99. The predicted octanol–water partition coefficient (Wildman–Crippen LogP) is 4.15. The van der Waals surface area contributed by atoms with Crippen LogP contribution in [0.3, 0.4) is 0 Å². The number of benzene rings is 1. The first kappa shape index (κ1) is 13.1. The van der Waals surface area contributed by atoms with Crippen LogP contribution in [0.25, 0.3) is 0 Å². The number of nitrogens with two attached hydrogens (primary N) is 1. The van der Waals surface area contributed by atoms with E-state index in [1.54, 1.807) is 0 Å². The second kappa shape index (κ2) is 5.11. The Bertz CT molecular complexity index is 390. The SMILES string of the molecule is CC1CCC(C)C(N)(Cc2cccc(Br)c2)C1. The lowest BCUT2D eigenvalue weighted by atomic mass is 9.68. The summed E-state index contributed by atoms with van der Waals surface area (Å²) in [6.07, 6.45) is 4.75. The largest absolute Gasteiger partial charge is 0.325 e. The van der Waals surface area contributed by atoms with Crippen molar-refractivity contribution in [3.8, 4) is 0 Å². The Kier molecular flexibility index (Phi) is 3.94. The van der Waals surface area contributed by atoms with Crippen LogP contribution < -0.4 is 5.73 Å². The number of hydrogen-bond acceptors (Lipinski definition) is 1. The molecule has 2 N–H and O–H groups in total. The standard InChI is InChI=1S/C15H22BrN/c1-11-6-7-12(2)15(17,9-11)10-13-4-3-5-14(16)8-13/h3-5,8,11-12H,6-7,9-10,17H2,1-2H3. The molecule has 1 aliphatic carbocycles. The Balaban J connectivity index is 2.15. The average Bonchev–Trinajstić information content (AvgIpc) is 2.24. The minimum absolute atomic E-state index is 0.0154. The normalized spacial score (nSPS) is 33.6. The summed E-state index contributed by atoms with van der Waals surface area (Å²) >= 11 is 3.53. The summed E-state index contributed by atoms with van der Waals surface area (Å²) in [5, 5.41) is 0. The van der Waals surface area contributed by atoms with Gasteiger partial charge in [0.25, 0.3) is 0 Å². The fourth-order valence-corrected chi connectivity index (χ4v) is 3.49. The van der Waals surface area contributed by atoms with Gasteiger partial charge in [-0.15, -0.1) is 0 Å². The molecule has 2 rings (SSSR count). The molecule has 1 aliphatic rings. The Morgan fingerprint density at radius 1 is 1.35 bits per heavy atom. The van der Waals surface area contributed by atoms with Crippen LogP contribution in [-0.2, 0) is 6.42 Å². The molecule has 0 bridgehead atoms. The molecule has 0 aliphatic heterocycles. The van der Waals surface area contributed by atoms with Crippen molar-refractivity contribution in [2.24, 2.45) is 17.6 Å². The molecule has 1 saturated carbocycles. The van der Waals surface area contributed by atoms with Gasteiger partial charge in [-0.1, -0.05) is 48.3 Å². The molecule has 1 nitrogen and oxygen atoms in total. The molecule has 3 unspecified atom stereocenters. The molecular formula is C15H22BrN. The quantitative estimate of drug-likeness (QED) is 0.872. The first-order valence-electron chi connectivity index (χ1n) is 6.53. The third-order valence-corrected chi connectivity index (χ3v) is 4.72. The highest BCUT2D eigenvalue weighted by molar-refractivity contribution is 9.10. The van der Waals surface area contributed by atoms with E-state index < -0.39 is 0 Å². The van der Waals surface area contributed by atoms with Crippen LogP contribution in [0.5, 0.6) is 0 Å². The van der Waals surface area contributed by atoms with Gasteiger partial charge in [-0.2, -0.15) is 0 Å². The Morgan fingerprint density at radius 3 is 2.82 bits per heavy atom. The molecule has 3 atom stereocenters. The molecular weight excluding hydrogens is 274 g/mol. The van der Waals surface area contributed by atoms with E-state index in [2.05, 4.69) is 54.0 Å². The van der Waals surface area contributed by atoms with Gasteiger partial charge in [0.1, 0.15) is 0 Å². The highest BCUT2D eigenvalue weighted by Crippen LogP contribution is 2.37. The van der Waals surface area contributed by atoms with Gasteiger partial charge in [-0.25, -0.2) is 0 Å². The summed E-state index contributed by atoms with van der Waals surface area (Å²) in [6.45, 7) is 4.64. The van der Waals surface area contributed by atoms with Crippen molar-refractivity contribution in [3.05, 3.63) is 34.3 Å². The van der Waals surface area contributed by atoms with E-state index in [1.807, 2.05) is 0 Å². The molecule has 0 aromatic heterocycles. The summed E-state index contributed by atoms with van der Waals surface area (Å²) in [5.41, 5.74) is 7.99. The van der Waals surface area contributed by atoms with Crippen LogP contribution in [0.2, 0.25) is 0 Å². The van der Waals surface area contributed by atoms with Crippen LogP contribution in [0.4, 0.5) is 0 Å². The second-order valence-electron chi connectivity index (χ2n) is 5.83. The maximum Gasteiger partial charge on any atom is 0.0223 e. The zero-order valence-electron chi connectivity index (χ0n) is 10.7. The lowest BCUT2D eigenvalue weighted by Gasteiger charge is -2.42. The lowest BCUT2D eigenvalue weighted by Crippen LogP contribution is -2.51. The summed E-state index contributed by atoms with van der Waals surface area (Å²) in [4.78, 5) is 0. The summed E-state index contributed by atoms with van der Waals surface area (Å²) in [7, 11) is 0. The highest BCUT2D eigenvalue weighted by Gasteiger charge is 2.36. The van der Waals surface area contributed by atoms with E-state index in [4.69, 9.17) is 5.73 Å². The van der Waals surface area contributed by atoms with Crippen LogP contribution in [-0.4, -0.2) is 5.54 Å². The first-order valence-corrected chi connectivity index (χ1v) is 7.32. The van der Waals surface area contributed by atoms with Crippen LogP contribution in [0.15, 0.2) is 28.7 Å². The molecule has 0 spiro atoms. The summed E-state index contributed by atoms with van der Waals surface area (Å²) in [6, 6.07) is 8.55. The van der Waals surface area contributed by atoms with E-state index in [9.17, 15) is 0 Å². The minimum Gasteiger partial charge on any atom is -0.325 e. The van der Waals surface area contributed by atoms with E-state index in [0.29, 0.717) is 5.92 Å². The zero-order chi connectivity index (χ0) is 12.5. The number of halogens is 1. The van der Waals surface area contributed by atoms with Crippen LogP contribution in [0.1, 0.15) is 38.7 Å². The fraction of sp³-hybridized carbons (Fsp3) is 0.600. The van der Waals surface area contributed by atoms with Crippen molar-refractivity contribution in [2.75, 3.05) is 0 Å². The molecule has 1 aromatic rings. The van der Waals surface area contributed by atoms with Gasteiger partial charge in [-0.3, -0.25) is 0 Å². The second-order valence-corrected chi connectivity index (χ2v) is 6.74. The highest BCUT2D eigenvalue weighted by atomic mass is 79.9. The van der Waals surface area contributed by atoms with Crippen molar-refractivity contribution in [2.45, 2.75) is 45.1 Å². The molecule has 0 saturated heterocycles. The third kappa shape index (κ3) is 3.11. The van der Waals surface area contributed by atoms with E-state index in [-0.39, 0.29) is 5.54 Å². The van der Waals surface area contributed by atoms with E-state index >= 15 is 0 Å². The molecule has 17 heavy (non-hydrogen) atoms. The Hall–Kier alpha value is -0.340. The monoisotopic (exact) mass is 295 g/mol. The van der Waals surface area contributed by atoms with Gasteiger partial charge >= 0.3 is 0 Å². The lowest BCUT2D eigenvalue weighted by molar-refractivity contribution is 0.161. The summed E-state index contributed by atoms with van der Waals surface area (Å²) < 4.78 is 1.15.